The highest BCUT2D eigenvalue weighted by atomic mass is 16.5. The van der Waals surface area contributed by atoms with Gasteiger partial charge in [-0.1, -0.05) is 48.5 Å². The number of para-hydroxylation sites is 1. The molecule has 1 fully saturated rings. The van der Waals surface area contributed by atoms with E-state index in [-0.39, 0.29) is 12.0 Å². The van der Waals surface area contributed by atoms with E-state index in [0.29, 0.717) is 25.6 Å². The summed E-state index contributed by atoms with van der Waals surface area (Å²) in [6.45, 7) is 4.74. The predicted octanol–water partition coefficient (Wildman–Crippen LogP) is 3.94. The van der Waals surface area contributed by atoms with Crippen LogP contribution in [0.2, 0.25) is 0 Å². The number of nitrogens with zero attached hydrogens (tertiary/aromatic N) is 1. The molecule has 0 aromatic heterocycles. The van der Waals surface area contributed by atoms with Crippen LogP contribution >= 0.6 is 0 Å². The highest BCUT2D eigenvalue weighted by molar-refractivity contribution is 5.69. The zero-order valence-corrected chi connectivity index (χ0v) is 17.5. The Morgan fingerprint density at radius 1 is 1.14 bits per heavy atom. The van der Waals surface area contributed by atoms with Gasteiger partial charge in [0, 0.05) is 24.7 Å². The monoisotopic (exact) mass is 396 g/mol. The molecular formula is C24H32N2O3. The van der Waals surface area contributed by atoms with E-state index in [2.05, 4.69) is 40.5 Å². The molecule has 2 aromatic carbocycles. The van der Waals surface area contributed by atoms with Gasteiger partial charge in [0.05, 0.1) is 26.2 Å². The van der Waals surface area contributed by atoms with Crippen molar-refractivity contribution in [2.24, 2.45) is 0 Å². The van der Waals surface area contributed by atoms with Crippen molar-refractivity contribution < 1.29 is 14.3 Å². The molecule has 0 radical (unpaired) electrons. The second kappa shape index (κ2) is 11.0. The van der Waals surface area contributed by atoms with E-state index in [1.54, 1.807) is 7.11 Å². The Morgan fingerprint density at radius 3 is 2.66 bits per heavy atom. The summed E-state index contributed by atoms with van der Waals surface area (Å²) in [6, 6.07) is 19.3. The molecular weight excluding hydrogens is 364 g/mol. The number of ether oxygens (including phenoxy) is 2. The minimum absolute atomic E-state index is 0.122. The van der Waals surface area contributed by atoms with Gasteiger partial charge >= 0.3 is 5.97 Å². The number of carbonyl (C=O) groups is 1. The predicted molar refractivity (Wildman–Crippen MR) is 115 cm³/mol. The van der Waals surface area contributed by atoms with E-state index < -0.39 is 0 Å². The third kappa shape index (κ3) is 5.81. The van der Waals surface area contributed by atoms with E-state index in [1.165, 1.54) is 5.56 Å². The van der Waals surface area contributed by atoms with Gasteiger partial charge in [0.2, 0.25) is 0 Å². The first-order valence-corrected chi connectivity index (χ1v) is 10.5. The van der Waals surface area contributed by atoms with Gasteiger partial charge in [-0.15, -0.1) is 0 Å². The fraction of sp³-hybridized carbons (Fsp3) is 0.458. The average Bonchev–Trinajstić information content (AvgIpc) is 2.77. The number of hydrogen-bond donors (Lipinski definition) is 1. The Kier molecular flexibility index (Phi) is 8.08. The summed E-state index contributed by atoms with van der Waals surface area (Å²) >= 11 is 0. The van der Waals surface area contributed by atoms with Crippen LogP contribution in [0.3, 0.4) is 0 Å². The molecule has 1 saturated heterocycles. The number of piperidine rings is 1. The Labute approximate surface area is 174 Å². The number of methoxy groups -OCH3 is 1. The van der Waals surface area contributed by atoms with Crippen LogP contribution in [0, 0.1) is 0 Å². The molecule has 1 aliphatic rings. The number of carbonyl (C=O) groups excluding carboxylic acids is 1. The minimum Gasteiger partial charge on any atom is -0.496 e. The summed E-state index contributed by atoms with van der Waals surface area (Å²) in [5, 5.41) is 3.77. The van der Waals surface area contributed by atoms with Crippen LogP contribution in [0.4, 0.5) is 0 Å². The standard InChI is InChI=1S/C24H32N2O3/c1-3-29-23(27)15-17-26-16-9-13-21(24(26)19-10-5-4-6-11-19)25-18-20-12-7-8-14-22(20)28-2/h4-8,10-12,14,21,24-25H,3,9,13,15-18H2,1-2H3/t21-,24-/m0/s1. The molecule has 0 bridgehead atoms. The molecule has 1 heterocycles. The van der Waals surface area contributed by atoms with Gasteiger partial charge in [-0.25, -0.2) is 0 Å². The highest BCUT2D eigenvalue weighted by Gasteiger charge is 2.32. The number of rotatable bonds is 9. The van der Waals surface area contributed by atoms with Gasteiger partial charge in [-0.2, -0.15) is 0 Å². The molecule has 0 spiro atoms. The lowest BCUT2D eigenvalue weighted by Crippen LogP contribution is -2.48. The Hall–Kier alpha value is -2.37. The van der Waals surface area contributed by atoms with Gasteiger partial charge in [-0.3, -0.25) is 9.69 Å². The fourth-order valence-electron chi connectivity index (χ4n) is 4.18. The van der Waals surface area contributed by atoms with Crippen molar-refractivity contribution in [1.82, 2.24) is 10.2 Å². The Morgan fingerprint density at radius 2 is 1.90 bits per heavy atom. The van der Waals surface area contributed by atoms with E-state index in [9.17, 15) is 4.79 Å². The summed E-state index contributed by atoms with van der Waals surface area (Å²) < 4.78 is 10.6. The molecule has 29 heavy (non-hydrogen) atoms. The molecule has 3 rings (SSSR count). The molecule has 1 N–H and O–H groups in total. The molecule has 0 amide bonds. The zero-order valence-electron chi connectivity index (χ0n) is 17.5. The van der Waals surface area contributed by atoms with Gasteiger partial charge < -0.3 is 14.8 Å². The van der Waals surface area contributed by atoms with Crippen LogP contribution < -0.4 is 10.1 Å². The lowest BCUT2D eigenvalue weighted by Gasteiger charge is -2.42. The summed E-state index contributed by atoms with van der Waals surface area (Å²) in [5.74, 6) is 0.787. The van der Waals surface area contributed by atoms with Crippen molar-refractivity contribution in [2.45, 2.75) is 44.8 Å². The number of likely N-dealkylation sites (tertiary alicyclic amines) is 1. The summed E-state index contributed by atoms with van der Waals surface area (Å²) in [7, 11) is 1.71. The molecule has 2 atom stereocenters. The number of hydrogen-bond acceptors (Lipinski definition) is 5. The highest BCUT2D eigenvalue weighted by Crippen LogP contribution is 2.32. The molecule has 5 nitrogen and oxygen atoms in total. The number of benzene rings is 2. The zero-order chi connectivity index (χ0) is 20.5. The molecule has 5 heteroatoms. The van der Waals surface area contributed by atoms with Gasteiger partial charge in [0.25, 0.3) is 0 Å². The minimum atomic E-state index is -0.122. The van der Waals surface area contributed by atoms with Gasteiger partial charge in [0.1, 0.15) is 5.75 Å². The van der Waals surface area contributed by atoms with E-state index >= 15 is 0 Å². The van der Waals surface area contributed by atoms with Crippen molar-refractivity contribution >= 4 is 5.97 Å². The summed E-state index contributed by atoms with van der Waals surface area (Å²) in [5.41, 5.74) is 2.44. The van der Waals surface area contributed by atoms with E-state index in [1.807, 2.05) is 31.2 Å². The molecule has 156 valence electrons. The maximum atomic E-state index is 11.9. The topological polar surface area (TPSA) is 50.8 Å². The van der Waals surface area contributed by atoms with Crippen LogP contribution in [0.15, 0.2) is 54.6 Å². The summed E-state index contributed by atoms with van der Waals surface area (Å²) in [4.78, 5) is 14.3. The van der Waals surface area contributed by atoms with Crippen LogP contribution in [-0.2, 0) is 16.1 Å². The lowest BCUT2D eigenvalue weighted by molar-refractivity contribution is -0.143. The van der Waals surface area contributed by atoms with Crippen molar-refractivity contribution in [3.63, 3.8) is 0 Å². The molecule has 0 unspecified atom stereocenters. The van der Waals surface area contributed by atoms with E-state index in [4.69, 9.17) is 9.47 Å². The lowest BCUT2D eigenvalue weighted by atomic mass is 9.90. The molecule has 0 aliphatic carbocycles. The first kappa shape index (κ1) is 21.3. The molecule has 2 aromatic rings. The normalized spacial score (nSPS) is 19.7. The Bertz CT molecular complexity index is 766. The van der Waals surface area contributed by atoms with Crippen LogP contribution in [0.1, 0.15) is 43.4 Å². The SMILES string of the molecule is CCOC(=O)CCN1CCC[C@H](NCc2ccccc2OC)[C@@H]1c1ccccc1. The van der Waals surface area contributed by atoms with Gasteiger partial charge in [0.15, 0.2) is 0 Å². The number of nitrogens with one attached hydrogen (secondary N) is 1. The van der Waals surface area contributed by atoms with Crippen molar-refractivity contribution in [2.75, 3.05) is 26.8 Å². The second-order valence-corrected chi connectivity index (χ2v) is 7.39. The average molecular weight is 397 g/mol. The number of esters is 1. The third-order valence-electron chi connectivity index (χ3n) is 5.53. The van der Waals surface area contributed by atoms with Gasteiger partial charge in [-0.05, 0) is 37.9 Å². The fourth-order valence-corrected chi connectivity index (χ4v) is 4.18. The van der Waals surface area contributed by atoms with Crippen LogP contribution in [0.5, 0.6) is 5.75 Å². The van der Waals surface area contributed by atoms with Crippen LogP contribution in [-0.4, -0.2) is 43.7 Å². The third-order valence-corrected chi connectivity index (χ3v) is 5.53. The largest absolute Gasteiger partial charge is 0.496 e. The summed E-state index contributed by atoms with van der Waals surface area (Å²) in [6.07, 6.45) is 2.64. The van der Waals surface area contributed by atoms with Crippen molar-refractivity contribution in [1.29, 1.82) is 0 Å². The Balaban J connectivity index is 1.74. The maximum absolute atomic E-state index is 11.9. The van der Waals surface area contributed by atoms with Crippen molar-refractivity contribution in [3.8, 4) is 5.75 Å². The van der Waals surface area contributed by atoms with E-state index in [0.717, 1.165) is 37.2 Å². The second-order valence-electron chi connectivity index (χ2n) is 7.39. The quantitative estimate of drug-likeness (QED) is 0.651. The maximum Gasteiger partial charge on any atom is 0.307 e. The first-order valence-electron chi connectivity index (χ1n) is 10.5. The smallest absolute Gasteiger partial charge is 0.307 e. The molecule has 0 saturated carbocycles. The van der Waals surface area contributed by atoms with Crippen molar-refractivity contribution in [3.05, 3.63) is 65.7 Å². The molecule has 1 aliphatic heterocycles. The first-order chi connectivity index (χ1) is 14.2. The van der Waals surface area contributed by atoms with Crippen LogP contribution in [0.25, 0.3) is 0 Å².